The summed E-state index contributed by atoms with van der Waals surface area (Å²) in [4.78, 5) is 8.86. The third kappa shape index (κ3) is 3.93. The van der Waals surface area contributed by atoms with Crippen LogP contribution in [0.15, 0.2) is 29.3 Å². The highest BCUT2D eigenvalue weighted by Crippen LogP contribution is 2.29. The highest BCUT2D eigenvalue weighted by Gasteiger charge is 2.30. The first-order valence-electron chi connectivity index (χ1n) is 7.66. The minimum Gasteiger partial charge on any atom is -0.343 e. The van der Waals surface area contributed by atoms with Gasteiger partial charge in [-0.1, -0.05) is 18.2 Å². The Hall–Kier alpha value is -1.72. The molecule has 0 N–H and O–H groups in total. The molecular formula is C16H22F3N3. The molecule has 0 saturated carbocycles. The zero-order chi connectivity index (χ0) is 16.2. The summed E-state index contributed by atoms with van der Waals surface area (Å²) in [7, 11) is 0. The van der Waals surface area contributed by atoms with Crippen LogP contribution in [0, 0.1) is 0 Å². The largest absolute Gasteiger partial charge is 0.416 e. The molecule has 0 amide bonds. The van der Waals surface area contributed by atoms with Crippen molar-refractivity contribution in [2.75, 3.05) is 32.7 Å². The molecule has 0 spiro atoms. The molecule has 1 aliphatic heterocycles. The Kier molecular flexibility index (Phi) is 5.32. The Bertz CT molecular complexity index is 522. The molecule has 0 aliphatic carbocycles. The monoisotopic (exact) mass is 313 g/mol. The van der Waals surface area contributed by atoms with Crippen molar-refractivity contribution in [2.24, 2.45) is 4.99 Å². The van der Waals surface area contributed by atoms with Crippen LogP contribution >= 0.6 is 0 Å². The molecule has 0 radical (unpaired) electrons. The lowest BCUT2D eigenvalue weighted by Crippen LogP contribution is -2.42. The number of halogens is 3. The molecule has 22 heavy (non-hydrogen) atoms. The average Bonchev–Trinajstić information content (AvgIpc) is 2.94. The van der Waals surface area contributed by atoms with Gasteiger partial charge >= 0.3 is 6.18 Å². The predicted octanol–water partition coefficient (Wildman–Crippen LogP) is 3.26. The number of rotatable bonds is 5. The zero-order valence-corrected chi connectivity index (χ0v) is 13.0. The van der Waals surface area contributed by atoms with Crippen LogP contribution < -0.4 is 0 Å². The molecule has 122 valence electrons. The molecular weight excluding hydrogens is 291 g/mol. The Balaban J connectivity index is 2.00. The van der Waals surface area contributed by atoms with Gasteiger partial charge in [0.1, 0.15) is 0 Å². The highest BCUT2D eigenvalue weighted by atomic mass is 19.4. The Morgan fingerprint density at radius 3 is 2.59 bits per heavy atom. The van der Waals surface area contributed by atoms with E-state index in [0.29, 0.717) is 18.5 Å². The van der Waals surface area contributed by atoms with Gasteiger partial charge in [0.2, 0.25) is 0 Å². The van der Waals surface area contributed by atoms with Crippen molar-refractivity contribution in [3.05, 3.63) is 35.4 Å². The third-order valence-electron chi connectivity index (χ3n) is 3.88. The number of guanidine groups is 1. The molecule has 1 aromatic rings. The molecule has 0 atom stereocenters. The molecule has 3 nitrogen and oxygen atoms in total. The van der Waals surface area contributed by atoms with Gasteiger partial charge in [0.25, 0.3) is 0 Å². The van der Waals surface area contributed by atoms with E-state index in [1.165, 1.54) is 12.1 Å². The summed E-state index contributed by atoms with van der Waals surface area (Å²) >= 11 is 0. The van der Waals surface area contributed by atoms with Crippen molar-refractivity contribution >= 4 is 5.96 Å². The van der Waals surface area contributed by atoms with Gasteiger partial charge in [-0.15, -0.1) is 0 Å². The summed E-state index contributed by atoms with van der Waals surface area (Å²) in [5, 5.41) is 0. The number of benzene rings is 1. The number of hydrogen-bond acceptors (Lipinski definition) is 3. The summed E-state index contributed by atoms with van der Waals surface area (Å²) in [6.07, 6.45) is -3.69. The van der Waals surface area contributed by atoms with Gasteiger partial charge in [0, 0.05) is 26.2 Å². The maximum absolute atomic E-state index is 12.7. The molecule has 0 unspecified atom stereocenters. The van der Waals surface area contributed by atoms with E-state index < -0.39 is 11.7 Å². The van der Waals surface area contributed by atoms with Crippen LogP contribution in [0.3, 0.4) is 0 Å². The van der Waals surface area contributed by atoms with Crippen LogP contribution in [0.2, 0.25) is 0 Å². The SMILES string of the molecule is CCN(CC)C1=NCCN1CCc1cccc(C(F)(F)F)c1. The van der Waals surface area contributed by atoms with Crippen LogP contribution in [0.4, 0.5) is 13.2 Å². The van der Waals surface area contributed by atoms with E-state index in [1.54, 1.807) is 6.07 Å². The van der Waals surface area contributed by atoms with Gasteiger partial charge in [0.15, 0.2) is 5.96 Å². The molecule has 2 rings (SSSR count). The van der Waals surface area contributed by atoms with Crippen molar-refractivity contribution in [1.29, 1.82) is 0 Å². The average molecular weight is 313 g/mol. The summed E-state index contributed by atoms with van der Waals surface area (Å²) in [6, 6.07) is 5.58. The summed E-state index contributed by atoms with van der Waals surface area (Å²) in [5.41, 5.74) is 0.129. The van der Waals surface area contributed by atoms with Gasteiger partial charge in [-0.25, -0.2) is 0 Å². The standard InChI is InChI=1S/C16H22F3N3/c1-3-21(4-2)15-20-9-11-22(15)10-8-13-6-5-7-14(12-13)16(17,18)19/h5-7,12H,3-4,8-11H2,1-2H3. The Labute approximate surface area is 129 Å². The fourth-order valence-corrected chi connectivity index (χ4v) is 2.66. The van der Waals surface area contributed by atoms with E-state index in [4.69, 9.17) is 0 Å². The van der Waals surface area contributed by atoms with Gasteiger partial charge in [-0.2, -0.15) is 13.2 Å². The summed E-state index contributed by atoms with van der Waals surface area (Å²) < 4.78 is 38.2. The summed E-state index contributed by atoms with van der Waals surface area (Å²) in [5.74, 6) is 0.969. The Morgan fingerprint density at radius 1 is 1.23 bits per heavy atom. The number of nitrogens with zero attached hydrogens (tertiary/aromatic N) is 3. The quantitative estimate of drug-likeness (QED) is 0.831. The van der Waals surface area contributed by atoms with Gasteiger partial charge in [-0.3, -0.25) is 4.99 Å². The summed E-state index contributed by atoms with van der Waals surface area (Å²) in [6.45, 7) is 8.21. The minimum atomic E-state index is -4.28. The molecule has 6 heteroatoms. The molecule has 0 fully saturated rings. The fraction of sp³-hybridized carbons (Fsp3) is 0.562. The van der Waals surface area contributed by atoms with Gasteiger partial charge in [-0.05, 0) is 31.9 Å². The third-order valence-corrected chi connectivity index (χ3v) is 3.88. The van der Waals surface area contributed by atoms with Crippen LogP contribution in [0.1, 0.15) is 25.0 Å². The number of hydrogen-bond donors (Lipinski definition) is 0. The second-order valence-corrected chi connectivity index (χ2v) is 5.29. The number of aliphatic imine (C=N–C) groups is 1. The zero-order valence-electron chi connectivity index (χ0n) is 13.0. The first kappa shape index (κ1) is 16.6. The van der Waals surface area contributed by atoms with E-state index in [1.807, 2.05) is 0 Å². The van der Waals surface area contributed by atoms with Crippen molar-refractivity contribution in [3.8, 4) is 0 Å². The van der Waals surface area contributed by atoms with Crippen molar-refractivity contribution in [2.45, 2.75) is 26.4 Å². The van der Waals surface area contributed by atoms with Crippen LogP contribution in [-0.4, -0.2) is 48.5 Å². The molecule has 1 heterocycles. The van der Waals surface area contributed by atoms with Crippen LogP contribution in [0.25, 0.3) is 0 Å². The van der Waals surface area contributed by atoms with E-state index >= 15 is 0 Å². The number of alkyl halides is 3. The first-order valence-corrected chi connectivity index (χ1v) is 7.66. The van der Waals surface area contributed by atoms with Crippen LogP contribution in [0.5, 0.6) is 0 Å². The lowest BCUT2D eigenvalue weighted by atomic mass is 10.1. The van der Waals surface area contributed by atoms with E-state index in [-0.39, 0.29) is 0 Å². The normalized spacial score (nSPS) is 15.1. The molecule has 0 aromatic heterocycles. The maximum Gasteiger partial charge on any atom is 0.416 e. The van der Waals surface area contributed by atoms with Crippen molar-refractivity contribution in [3.63, 3.8) is 0 Å². The molecule has 1 aliphatic rings. The molecule has 0 saturated heterocycles. The van der Waals surface area contributed by atoms with Gasteiger partial charge < -0.3 is 9.80 Å². The fourth-order valence-electron chi connectivity index (χ4n) is 2.66. The van der Waals surface area contributed by atoms with E-state index in [2.05, 4.69) is 28.6 Å². The van der Waals surface area contributed by atoms with Crippen LogP contribution in [-0.2, 0) is 12.6 Å². The lowest BCUT2D eigenvalue weighted by Gasteiger charge is -2.29. The molecule has 0 bridgehead atoms. The van der Waals surface area contributed by atoms with Crippen molar-refractivity contribution < 1.29 is 13.2 Å². The van der Waals surface area contributed by atoms with E-state index in [9.17, 15) is 13.2 Å². The van der Waals surface area contributed by atoms with Gasteiger partial charge in [0.05, 0.1) is 12.1 Å². The highest BCUT2D eigenvalue weighted by molar-refractivity contribution is 5.81. The smallest absolute Gasteiger partial charge is 0.343 e. The second-order valence-electron chi connectivity index (χ2n) is 5.29. The first-order chi connectivity index (χ1) is 10.5. The second kappa shape index (κ2) is 7.03. The predicted molar refractivity (Wildman–Crippen MR) is 81.9 cm³/mol. The van der Waals surface area contributed by atoms with E-state index in [0.717, 1.165) is 38.2 Å². The Morgan fingerprint density at radius 2 is 1.95 bits per heavy atom. The maximum atomic E-state index is 12.7. The minimum absolute atomic E-state index is 0.580. The topological polar surface area (TPSA) is 18.8 Å². The van der Waals surface area contributed by atoms with Crippen molar-refractivity contribution in [1.82, 2.24) is 9.80 Å². The molecule has 1 aromatic carbocycles. The lowest BCUT2D eigenvalue weighted by molar-refractivity contribution is -0.137.